The van der Waals surface area contributed by atoms with Crippen molar-refractivity contribution in [1.29, 1.82) is 0 Å². The molecule has 0 atom stereocenters. The first kappa shape index (κ1) is 17.6. The molecule has 26 heavy (non-hydrogen) atoms. The number of imide groups is 1. The second kappa shape index (κ2) is 7.77. The summed E-state index contributed by atoms with van der Waals surface area (Å²) in [5.74, 6) is -0.144. The van der Waals surface area contributed by atoms with Gasteiger partial charge in [-0.05, 0) is 37.1 Å². The Morgan fingerprint density at radius 1 is 1.04 bits per heavy atom. The van der Waals surface area contributed by atoms with Crippen LogP contribution in [0, 0.1) is 0 Å². The van der Waals surface area contributed by atoms with Crippen LogP contribution in [-0.2, 0) is 0 Å². The summed E-state index contributed by atoms with van der Waals surface area (Å²) in [4.78, 5) is 41.8. The molecule has 0 spiro atoms. The van der Waals surface area contributed by atoms with Gasteiger partial charge in [-0.25, -0.2) is 4.98 Å². The van der Waals surface area contributed by atoms with Crippen molar-refractivity contribution in [2.75, 3.05) is 25.5 Å². The molecular formula is C19H20N4O3. The number of aromatic nitrogens is 1. The van der Waals surface area contributed by atoms with Gasteiger partial charge in [0.25, 0.3) is 17.7 Å². The highest BCUT2D eigenvalue weighted by molar-refractivity contribution is 6.21. The molecule has 0 bridgehead atoms. The van der Waals surface area contributed by atoms with Gasteiger partial charge in [0.1, 0.15) is 5.82 Å². The molecule has 0 saturated carbocycles. The Morgan fingerprint density at radius 2 is 1.73 bits per heavy atom. The van der Waals surface area contributed by atoms with Crippen molar-refractivity contribution >= 4 is 23.5 Å². The quantitative estimate of drug-likeness (QED) is 0.587. The normalized spacial score (nSPS) is 12.9. The van der Waals surface area contributed by atoms with E-state index in [1.54, 1.807) is 49.6 Å². The van der Waals surface area contributed by atoms with Crippen LogP contribution in [0.3, 0.4) is 0 Å². The first-order valence-corrected chi connectivity index (χ1v) is 8.49. The number of benzene rings is 1. The zero-order valence-electron chi connectivity index (χ0n) is 14.5. The monoisotopic (exact) mass is 352 g/mol. The number of fused-ring (bicyclic) bond motifs is 1. The molecule has 134 valence electrons. The Labute approximate surface area is 151 Å². The third-order valence-electron chi connectivity index (χ3n) is 4.26. The van der Waals surface area contributed by atoms with Crippen LogP contribution in [0.15, 0.2) is 42.6 Å². The number of nitrogens with zero attached hydrogens (tertiary/aromatic N) is 2. The van der Waals surface area contributed by atoms with E-state index < -0.39 is 0 Å². The van der Waals surface area contributed by atoms with Crippen LogP contribution >= 0.6 is 0 Å². The van der Waals surface area contributed by atoms with Gasteiger partial charge in [0.05, 0.1) is 16.7 Å². The molecule has 1 aliphatic rings. The highest BCUT2D eigenvalue weighted by atomic mass is 16.2. The van der Waals surface area contributed by atoms with E-state index in [0.717, 1.165) is 6.42 Å². The number of hydrogen-bond donors (Lipinski definition) is 2. The van der Waals surface area contributed by atoms with Gasteiger partial charge < -0.3 is 10.6 Å². The molecule has 0 aliphatic carbocycles. The molecule has 0 saturated heterocycles. The second-order valence-corrected chi connectivity index (χ2v) is 5.92. The molecule has 1 aromatic carbocycles. The minimum absolute atomic E-state index is 0.202. The first-order valence-electron chi connectivity index (χ1n) is 8.49. The molecule has 3 rings (SSSR count). The summed E-state index contributed by atoms with van der Waals surface area (Å²) in [5, 5.41) is 5.71. The highest BCUT2D eigenvalue weighted by Crippen LogP contribution is 2.22. The lowest BCUT2D eigenvalue weighted by Gasteiger charge is -2.14. The summed E-state index contributed by atoms with van der Waals surface area (Å²) >= 11 is 0. The summed E-state index contributed by atoms with van der Waals surface area (Å²) in [5.41, 5.74) is 1.43. The molecule has 1 aliphatic heterocycles. The van der Waals surface area contributed by atoms with Crippen LogP contribution in [0.1, 0.15) is 43.9 Å². The van der Waals surface area contributed by atoms with Gasteiger partial charge in [0, 0.05) is 26.3 Å². The maximum absolute atomic E-state index is 12.3. The number of hydrogen-bond acceptors (Lipinski definition) is 5. The molecule has 3 amide bonds. The van der Waals surface area contributed by atoms with Gasteiger partial charge in [-0.15, -0.1) is 0 Å². The lowest BCUT2D eigenvalue weighted by Crippen LogP contribution is -2.31. The summed E-state index contributed by atoms with van der Waals surface area (Å²) < 4.78 is 0. The van der Waals surface area contributed by atoms with Crippen LogP contribution in [-0.4, -0.2) is 47.7 Å². The van der Waals surface area contributed by atoms with E-state index >= 15 is 0 Å². The van der Waals surface area contributed by atoms with Crippen molar-refractivity contribution in [2.45, 2.75) is 12.8 Å². The molecule has 2 N–H and O–H groups in total. The Hall–Kier alpha value is -3.22. The number of anilines is 1. The molecular weight excluding hydrogens is 332 g/mol. The number of amides is 3. The van der Waals surface area contributed by atoms with E-state index in [0.29, 0.717) is 42.0 Å². The number of nitrogens with one attached hydrogen (secondary N) is 2. The van der Waals surface area contributed by atoms with Crippen molar-refractivity contribution < 1.29 is 14.4 Å². The highest BCUT2D eigenvalue weighted by Gasteiger charge is 2.34. The number of rotatable bonds is 7. The fourth-order valence-corrected chi connectivity index (χ4v) is 2.91. The summed E-state index contributed by atoms with van der Waals surface area (Å²) in [6.45, 7) is 0.961. The number of carbonyl (C=O) groups is 3. The van der Waals surface area contributed by atoms with Crippen LogP contribution in [0.25, 0.3) is 0 Å². The fraction of sp³-hybridized carbons (Fsp3) is 0.263. The third kappa shape index (κ3) is 3.42. The van der Waals surface area contributed by atoms with E-state index in [9.17, 15) is 14.4 Å². The molecule has 0 unspecified atom stereocenters. The Morgan fingerprint density at radius 3 is 2.38 bits per heavy atom. The summed E-state index contributed by atoms with van der Waals surface area (Å²) in [6.07, 6.45) is 3.02. The maximum Gasteiger partial charge on any atom is 0.261 e. The van der Waals surface area contributed by atoms with Crippen molar-refractivity contribution in [2.24, 2.45) is 0 Å². The maximum atomic E-state index is 12.3. The van der Waals surface area contributed by atoms with Crippen molar-refractivity contribution in [3.8, 4) is 0 Å². The second-order valence-electron chi connectivity index (χ2n) is 5.92. The zero-order chi connectivity index (χ0) is 18.5. The van der Waals surface area contributed by atoms with Gasteiger partial charge in [-0.2, -0.15) is 0 Å². The van der Waals surface area contributed by atoms with Crippen molar-refractivity contribution in [1.82, 2.24) is 15.2 Å². The van der Waals surface area contributed by atoms with Gasteiger partial charge in [-0.1, -0.05) is 12.1 Å². The van der Waals surface area contributed by atoms with Crippen molar-refractivity contribution in [3.63, 3.8) is 0 Å². The predicted octanol–water partition coefficient (Wildman–Crippen LogP) is 1.93. The molecule has 0 radical (unpaired) electrons. The molecule has 2 aromatic rings. The summed E-state index contributed by atoms with van der Waals surface area (Å²) in [6, 6.07) is 10.3. The molecule has 2 heterocycles. The first-order chi connectivity index (χ1) is 12.6. The summed E-state index contributed by atoms with van der Waals surface area (Å²) in [7, 11) is 1.57. The van der Waals surface area contributed by atoms with Gasteiger partial charge in [-0.3, -0.25) is 19.3 Å². The van der Waals surface area contributed by atoms with E-state index in [4.69, 9.17) is 0 Å². The molecule has 0 fully saturated rings. The van der Waals surface area contributed by atoms with Crippen LogP contribution in [0.2, 0.25) is 0 Å². The minimum Gasteiger partial charge on any atom is -0.369 e. The smallest absolute Gasteiger partial charge is 0.261 e. The molecule has 7 heteroatoms. The Balaban J connectivity index is 1.50. The Kier molecular flexibility index (Phi) is 5.26. The molecule has 7 nitrogen and oxygen atoms in total. The van der Waals surface area contributed by atoms with Crippen LogP contribution < -0.4 is 10.6 Å². The standard InChI is InChI=1S/C19H20N4O3/c1-20-17(24)15-9-6-11-22-16(15)21-10-4-5-12-23-18(25)13-7-2-3-8-14(13)19(23)26/h2-3,6-9,11H,4-5,10,12H2,1H3,(H,20,24)(H,21,22). The van der Waals surface area contributed by atoms with Crippen LogP contribution in [0.4, 0.5) is 5.82 Å². The fourth-order valence-electron chi connectivity index (χ4n) is 2.91. The van der Waals surface area contributed by atoms with Gasteiger partial charge >= 0.3 is 0 Å². The van der Waals surface area contributed by atoms with E-state index in [1.807, 2.05) is 0 Å². The largest absolute Gasteiger partial charge is 0.369 e. The Bertz CT molecular complexity index is 815. The van der Waals surface area contributed by atoms with E-state index in [1.165, 1.54) is 4.90 Å². The van der Waals surface area contributed by atoms with E-state index in [2.05, 4.69) is 15.6 Å². The lowest BCUT2D eigenvalue weighted by molar-refractivity contribution is 0.0651. The van der Waals surface area contributed by atoms with Gasteiger partial charge in [0.15, 0.2) is 0 Å². The number of pyridine rings is 1. The number of carbonyl (C=O) groups excluding carboxylic acids is 3. The zero-order valence-corrected chi connectivity index (χ0v) is 14.5. The number of unbranched alkanes of at least 4 members (excludes halogenated alkanes) is 1. The predicted molar refractivity (Wildman–Crippen MR) is 97.2 cm³/mol. The SMILES string of the molecule is CNC(=O)c1cccnc1NCCCCN1C(=O)c2ccccc2C1=O. The third-order valence-corrected chi connectivity index (χ3v) is 4.26. The lowest BCUT2D eigenvalue weighted by atomic mass is 10.1. The van der Waals surface area contributed by atoms with Crippen molar-refractivity contribution in [3.05, 3.63) is 59.3 Å². The van der Waals surface area contributed by atoms with Gasteiger partial charge in [0.2, 0.25) is 0 Å². The van der Waals surface area contributed by atoms with E-state index in [-0.39, 0.29) is 17.7 Å². The topological polar surface area (TPSA) is 91.4 Å². The molecule has 1 aromatic heterocycles. The average molecular weight is 352 g/mol. The minimum atomic E-state index is -0.231. The van der Waals surface area contributed by atoms with Crippen LogP contribution in [0.5, 0.6) is 0 Å². The average Bonchev–Trinajstić information content (AvgIpc) is 2.92.